The van der Waals surface area contributed by atoms with Crippen LogP contribution in [0, 0.1) is 0 Å². The molecule has 0 aliphatic heterocycles. The zero-order chi connectivity index (χ0) is 19.9. The summed E-state index contributed by atoms with van der Waals surface area (Å²) in [5.41, 5.74) is 0.974. The van der Waals surface area contributed by atoms with Crippen molar-refractivity contribution >= 4 is 31.9 Å². The molecule has 2 aromatic carbocycles. The monoisotopic (exact) mass is 454 g/mol. The molecule has 0 aromatic heterocycles. The van der Waals surface area contributed by atoms with E-state index in [1.54, 1.807) is 12.1 Å². The number of halogens is 1. The molecule has 0 spiro atoms. The predicted octanol–water partition coefficient (Wildman–Crippen LogP) is 3.39. The molecule has 0 bridgehead atoms. The van der Waals surface area contributed by atoms with Gasteiger partial charge in [0.15, 0.2) is 0 Å². The van der Waals surface area contributed by atoms with Crippen LogP contribution in [-0.4, -0.2) is 27.5 Å². The van der Waals surface area contributed by atoms with Crippen LogP contribution in [0.4, 0.5) is 0 Å². The van der Waals surface area contributed by atoms with E-state index >= 15 is 0 Å². The summed E-state index contributed by atoms with van der Waals surface area (Å²) < 4.78 is 33.2. The molecule has 0 heterocycles. The van der Waals surface area contributed by atoms with Crippen molar-refractivity contribution in [3.8, 4) is 5.75 Å². The highest BCUT2D eigenvalue weighted by atomic mass is 79.9. The number of hydrogen-bond acceptors (Lipinski definition) is 4. The quantitative estimate of drug-likeness (QED) is 0.607. The van der Waals surface area contributed by atoms with Gasteiger partial charge in [-0.1, -0.05) is 28.1 Å². The highest BCUT2D eigenvalue weighted by Gasteiger charge is 2.15. The molecule has 6 nitrogen and oxygen atoms in total. The smallest absolute Gasteiger partial charge is 0.240 e. The average molecular weight is 455 g/mol. The van der Waals surface area contributed by atoms with Crippen LogP contribution in [0.25, 0.3) is 0 Å². The Morgan fingerprint density at radius 2 is 1.74 bits per heavy atom. The number of hydrogen-bond donors (Lipinski definition) is 2. The fourth-order valence-electron chi connectivity index (χ4n) is 2.41. The maximum absolute atomic E-state index is 12.3. The molecule has 0 aliphatic carbocycles. The highest BCUT2D eigenvalue weighted by Crippen LogP contribution is 2.17. The Hall–Kier alpha value is -1.90. The first-order valence-electron chi connectivity index (χ1n) is 8.59. The number of carbonyl (C=O) groups excluding carboxylic acids is 1. The molecule has 0 aliphatic rings. The number of carbonyl (C=O) groups is 1. The van der Waals surface area contributed by atoms with Gasteiger partial charge in [-0.3, -0.25) is 4.79 Å². The standard InChI is InChI=1S/C19H23BrN2O4S/c1-3-26-17-8-10-18(11-9-17)27(24,25)21-13-12-19(23)22-14(2)15-4-6-16(20)7-5-15/h4-11,14,21H,3,12-13H2,1-2H3,(H,22,23)/t14-/m0/s1. The van der Waals surface area contributed by atoms with E-state index in [1.807, 2.05) is 38.1 Å². The minimum Gasteiger partial charge on any atom is -0.494 e. The van der Waals surface area contributed by atoms with Gasteiger partial charge in [0.05, 0.1) is 17.5 Å². The topological polar surface area (TPSA) is 84.5 Å². The van der Waals surface area contributed by atoms with E-state index in [2.05, 4.69) is 26.0 Å². The zero-order valence-corrected chi connectivity index (χ0v) is 17.6. The van der Waals surface area contributed by atoms with Crippen molar-refractivity contribution in [2.24, 2.45) is 0 Å². The Labute approximate surface area is 168 Å². The van der Waals surface area contributed by atoms with Crippen LogP contribution in [0.5, 0.6) is 5.75 Å². The van der Waals surface area contributed by atoms with Gasteiger partial charge in [-0.2, -0.15) is 0 Å². The summed E-state index contributed by atoms with van der Waals surface area (Å²) in [5.74, 6) is 0.387. The maximum atomic E-state index is 12.3. The van der Waals surface area contributed by atoms with Crippen molar-refractivity contribution in [3.63, 3.8) is 0 Å². The van der Waals surface area contributed by atoms with E-state index in [0.29, 0.717) is 12.4 Å². The molecular formula is C19H23BrN2O4S. The minimum absolute atomic E-state index is 0.0223. The molecule has 2 aromatic rings. The summed E-state index contributed by atoms with van der Waals surface area (Å²) in [6.45, 7) is 4.27. The number of sulfonamides is 1. The van der Waals surface area contributed by atoms with Gasteiger partial charge in [0.25, 0.3) is 0 Å². The largest absolute Gasteiger partial charge is 0.494 e. The number of ether oxygens (including phenoxy) is 1. The van der Waals surface area contributed by atoms with Crippen molar-refractivity contribution in [2.75, 3.05) is 13.2 Å². The maximum Gasteiger partial charge on any atom is 0.240 e. The number of rotatable bonds is 9. The lowest BCUT2D eigenvalue weighted by atomic mass is 10.1. The third kappa shape index (κ3) is 6.64. The first-order chi connectivity index (χ1) is 12.8. The highest BCUT2D eigenvalue weighted by molar-refractivity contribution is 9.10. The van der Waals surface area contributed by atoms with Crippen LogP contribution >= 0.6 is 15.9 Å². The summed E-state index contributed by atoms with van der Waals surface area (Å²) >= 11 is 3.37. The first-order valence-corrected chi connectivity index (χ1v) is 10.9. The molecule has 27 heavy (non-hydrogen) atoms. The van der Waals surface area contributed by atoms with E-state index in [4.69, 9.17) is 4.74 Å². The Balaban J connectivity index is 1.83. The van der Waals surface area contributed by atoms with Crippen molar-refractivity contribution in [1.82, 2.24) is 10.0 Å². The molecule has 8 heteroatoms. The molecule has 0 unspecified atom stereocenters. The summed E-state index contributed by atoms with van der Waals surface area (Å²) in [5, 5.41) is 2.86. The van der Waals surface area contributed by atoms with Crippen molar-refractivity contribution in [3.05, 3.63) is 58.6 Å². The van der Waals surface area contributed by atoms with Crippen LogP contribution < -0.4 is 14.8 Å². The van der Waals surface area contributed by atoms with Crippen LogP contribution in [-0.2, 0) is 14.8 Å². The van der Waals surface area contributed by atoms with Gasteiger partial charge in [-0.15, -0.1) is 0 Å². The van der Waals surface area contributed by atoms with Gasteiger partial charge in [-0.05, 0) is 55.8 Å². The molecule has 0 saturated heterocycles. The molecule has 2 N–H and O–H groups in total. The van der Waals surface area contributed by atoms with E-state index in [0.717, 1.165) is 10.0 Å². The molecule has 1 atom stereocenters. The van der Waals surface area contributed by atoms with Gasteiger partial charge in [0, 0.05) is 17.4 Å². The average Bonchev–Trinajstić information content (AvgIpc) is 2.63. The lowest BCUT2D eigenvalue weighted by molar-refractivity contribution is -0.121. The van der Waals surface area contributed by atoms with E-state index in [1.165, 1.54) is 12.1 Å². The molecule has 146 valence electrons. The third-order valence-electron chi connectivity index (χ3n) is 3.84. The number of benzene rings is 2. The van der Waals surface area contributed by atoms with Crippen molar-refractivity contribution in [2.45, 2.75) is 31.2 Å². The molecular weight excluding hydrogens is 432 g/mol. The second-order valence-corrected chi connectivity index (χ2v) is 8.58. The van der Waals surface area contributed by atoms with Crippen LogP contribution in [0.15, 0.2) is 57.9 Å². The van der Waals surface area contributed by atoms with Gasteiger partial charge in [-0.25, -0.2) is 13.1 Å². The molecule has 1 amide bonds. The first kappa shape index (κ1) is 21.4. The summed E-state index contributed by atoms with van der Waals surface area (Å²) in [6, 6.07) is 13.6. The minimum atomic E-state index is -3.66. The van der Waals surface area contributed by atoms with Crippen LogP contribution in [0.1, 0.15) is 31.9 Å². The van der Waals surface area contributed by atoms with Crippen molar-refractivity contribution < 1.29 is 17.9 Å². The normalized spacial score (nSPS) is 12.4. The fraction of sp³-hybridized carbons (Fsp3) is 0.316. The van der Waals surface area contributed by atoms with E-state index < -0.39 is 10.0 Å². The summed E-state index contributed by atoms with van der Waals surface area (Å²) in [7, 11) is -3.66. The lowest BCUT2D eigenvalue weighted by Gasteiger charge is -2.14. The van der Waals surface area contributed by atoms with Crippen LogP contribution in [0.3, 0.4) is 0 Å². The van der Waals surface area contributed by atoms with Crippen LogP contribution in [0.2, 0.25) is 0 Å². The Bertz CT molecular complexity index is 852. The Morgan fingerprint density at radius 1 is 1.11 bits per heavy atom. The predicted molar refractivity (Wildman–Crippen MR) is 108 cm³/mol. The second kappa shape index (κ2) is 9.87. The Kier molecular flexibility index (Phi) is 7.82. The SMILES string of the molecule is CCOc1ccc(S(=O)(=O)NCCC(=O)N[C@@H](C)c2ccc(Br)cc2)cc1. The van der Waals surface area contributed by atoms with Crippen molar-refractivity contribution in [1.29, 1.82) is 0 Å². The van der Waals surface area contributed by atoms with Gasteiger partial charge in [0.2, 0.25) is 15.9 Å². The molecule has 2 rings (SSSR count). The molecule has 0 saturated carbocycles. The lowest BCUT2D eigenvalue weighted by Crippen LogP contribution is -2.32. The molecule has 0 fully saturated rings. The second-order valence-electron chi connectivity index (χ2n) is 5.89. The fourth-order valence-corrected chi connectivity index (χ4v) is 3.71. The summed E-state index contributed by atoms with van der Waals surface area (Å²) in [6.07, 6.45) is 0.0527. The summed E-state index contributed by atoms with van der Waals surface area (Å²) in [4.78, 5) is 12.2. The van der Waals surface area contributed by atoms with Gasteiger partial charge in [0.1, 0.15) is 5.75 Å². The van der Waals surface area contributed by atoms with E-state index in [9.17, 15) is 13.2 Å². The van der Waals surface area contributed by atoms with Gasteiger partial charge < -0.3 is 10.1 Å². The Morgan fingerprint density at radius 3 is 2.33 bits per heavy atom. The third-order valence-corrected chi connectivity index (χ3v) is 5.84. The zero-order valence-electron chi connectivity index (χ0n) is 15.2. The molecule has 0 radical (unpaired) electrons. The van der Waals surface area contributed by atoms with Gasteiger partial charge >= 0.3 is 0 Å². The number of nitrogens with one attached hydrogen (secondary N) is 2. The number of amides is 1. The van der Waals surface area contributed by atoms with E-state index in [-0.39, 0.29) is 29.8 Å².